The summed E-state index contributed by atoms with van der Waals surface area (Å²) in [6.07, 6.45) is 0. The van der Waals surface area contributed by atoms with Crippen LogP contribution in [0.4, 0.5) is 0 Å². The molecule has 0 aliphatic heterocycles. The van der Waals surface area contributed by atoms with Crippen LogP contribution in [0.2, 0.25) is 9.49 Å². The number of halogens is 2. The minimum Gasteiger partial charge on any atom is -0.508 e. The predicted octanol–water partition coefficient (Wildman–Crippen LogP) is 3.22. The number of rotatable bonds is 1. The van der Waals surface area contributed by atoms with Gasteiger partial charge in [0.25, 0.3) is 0 Å². The summed E-state index contributed by atoms with van der Waals surface area (Å²) >= 11 is 12.8. The van der Waals surface area contributed by atoms with Gasteiger partial charge in [0.2, 0.25) is 4.47 Å². The van der Waals surface area contributed by atoms with Gasteiger partial charge in [0, 0.05) is 5.56 Å². The first kappa shape index (κ1) is 9.71. The second kappa shape index (κ2) is 3.73. The molecule has 72 valence electrons. The summed E-state index contributed by atoms with van der Waals surface area (Å²) in [5.41, 5.74) is 0.635. The normalized spacial score (nSPS) is 10.4. The number of aromatic hydroxyl groups is 1. The Kier molecular flexibility index (Phi) is 2.58. The number of aromatic nitrogens is 2. The third-order valence-corrected chi connectivity index (χ3v) is 2.96. The fourth-order valence-corrected chi connectivity index (χ4v) is 2.11. The molecule has 0 unspecified atom stereocenters. The number of phenolic OH excluding ortho intramolecular Hbond substituents is 1. The topological polar surface area (TPSA) is 46.0 Å². The van der Waals surface area contributed by atoms with E-state index < -0.39 is 0 Å². The van der Waals surface area contributed by atoms with E-state index in [-0.39, 0.29) is 5.75 Å². The summed E-state index contributed by atoms with van der Waals surface area (Å²) in [6, 6.07) is 4.63. The molecule has 0 fully saturated rings. The van der Waals surface area contributed by atoms with Crippen LogP contribution in [0.15, 0.2) is 18.2 Å². The molecule has 0 spiro atoms. The monoisotopic (exact) mass is 246 g/mol. The molecule has 2 aromatic rings. The van der Waals surface area contributed by atoms with Crippen LogP contribution in [0.25, 0.3) is 10.6 Å². The van der Waals surface area contributed by atoms with E-state index in [0.29, 0.717) is 20.1 Å². The van der Waals surface area contributed by atoms with Gasteiger partial charge in [0.1, 0.15) is 5.75 Å². The van der Waals surface area contributed by atoms with Crippen molar-refractivity contribution in [3.05, 3.63) is 27.7 Å². The van der Waals surface area contributed by atoms with E-state index in [9.17, 15) is 5.11 Å². The first-order chi connectivity index (χ1) is 6.66. The maximum atomic E-state index is 9.27. The van der Waals surface area contributed by atoms with E-state index >= 15 is 0 Å². The minimum atomic E-state index is 0.135. The summed E-state index contributed by atoms with van der Waals surface area (Å²) in [5.74, 6) is 0.135. The molecule has 0 radical (unpaired) electrons. The Hall–Kier alpha value is -0.840. The molecule has 0 atom stereocenters. The average Bonchev–Trinajstić information content (AvgIpc) is 2.56. The van der Waals surface area contributed by atoms with Gasteiger partial charge in [-0.1, -0.05) is 22.9 Å². The predicted molar refractivity (Wildman–Crippen MR) is 57.0 cm³/mol. The highest BCUT2D eigenvalue weighted by molar-refractivity contribution is 7.18. The van der Waals surface area contributed by atoms with Gasteiger partial charge in [-0.2, -0.15) is 0 Å². The van der Waals surface area contributed by atoms with Crippen LogP contribution in [-0.4, -0.2) is 15.3 Å². The van der Waals surface area contributed by atoms with Gasteiger partial charge in [-0.15, -0.1) is 10.2 Å². The molecule has 6 heteroatoms. The van der Waals surface area contributed by atoms with E-state index in [2.05, 4.69) is 10.2 Å². The van der Waals surface area contributed by atoms with Gasteiger partial charge < -0.3 is 5.11 Å². The van der Waals surface area contributed by atoms with Gasteiger partial charge in [-0.05, 0) is 29.8 Å². The van der Waals surface area contributed by atoms with Crippen molar-refractivity contribution in [3.63, 3.8) is 0 Å². The maximum absolute atomic E-state index is 9.27. The molecule has 3 nitrogen and oxygen atoms in total. The summed E-state index contributed by atoms with van der Waals surface area (Å²) in [5, 5.41) is 17.9. The van der Waals surface area contributed by atoms with Gasteiger partial charge >= 0.3 is 0 Å². The fraction of sp³-hybridized carbons (Fsp3) is 0. The molecule has 1 aromatic carbocycles. The van der Waals surface area contributed by atoms with Crippen LogP contribution in [0, 0.1) is 0 Å². The molecule has 2 rings (SSSR count). The van der Waals surface area contributed by atoms with Crippen LogP contribution in [0.5, 0.6) is 5.75 Å². The van der Waals surface area contributed by atoms with Gasteiger partial charge in [0.15, 0.2) is 5.01 Å². The zero-order valence-electron chi connectivity index (χ0n) is 6.74. The van der Waals surface area contributed by atoms with Gasteiger partial charge in [-0.25, -0.2) is 0 Å². The van der Waals surface area contributed by atoms with E-state index in [1.165, 1.54) is 23.5 Å². The Morgan fingerprint density at radius 3 is 2.64 bits per heavy atom. The highest BCUT2D eigenvalue weighted by Gasteiger charge is 2.09. The van der Waals surface area contributed by atoms with Crippen LogP contribution < -0.4 is 0 Å². The quantitative estimate of drug-likeness (QED) is 0.841. The molecule has 0 saturated carbocycles. The molecule has 0 aliphatic carbocycles. The van der Waals surface area contributed by atoms with Crippen molar-refractivity contribution in [2.45, 2.75) is 0 Å². The van der Waals surface area contributed by atoms with Crippen LogP contribution in [-0.2, 0) is 0 Å². The Balaban J connectivity index is 2.55. The Bertz CT molecular complexity index is 472. The molecule has 1 heterocycles. The van der Waals surface area contributed by atoms with Gasteiger partial charge in [-0.3, -0.25) is 0 Å². The second-order valence-corrected chi connectivity index (χ2v) is 4.49. The molecule has 0 amide bonds. The first-order valence-corrected chi connectivity index (χ1v) is 5.22. The number of hydrogen-bond donors (Lipinski definition) is 1. The summed E-state index contributed by atoms with van der Waals surface area (Å²) < 4.78 is 0.347. The molecule has 1 aromatic heterocycles. The summed E-state index contributed by atoms with van der Waals surface area (Å²) in [6.45, 7) is 0. The molecule has 0 saturated heterocycles. The van der Waals surface area contributed by atoms with E-state index in [1.807, 2.05) is 0 Å². The van der Waals surface area contributed by atoms with Crippen molar-refractivity contribution in [1.82, 2.24) is 10.2 Å². The molecule has 0 aliphatic rings. The van der Waals surface area contributed by atoms with E-state index in [4.69, 9.17) is 23.2 Å². The first-order valence-electron chi connectivity index (χ1n) is 3.65. The minimum absolute atomic E-state index is 0.135. The van der Waals surface area contributed by atoms with Crippen molar-refractivity contribution < 1.29 is 5.11 Å². The summed E-state index contributed by atoms with van der Waals surface area (Å²) in [4.78, 5) is 0. The van der Waals surface area contributed by atoms with Crippen LogP contribution in [0.3, 0.4) is 0 Å². The van der Waals surface area contributed by atoms with Crippen molar-refractivity contribution in [3.8, 4) is 16.3 Å². The van der Waals surface area contributed by atoms with Gasteiger partial charge in [0.05, 0.1) is 5.02 Å². The molecule has 1 N–H and O–H groups in total. The lowest BCUT2D eigenvalue weighted by molar-refractivity contribution is 0.475. The molecular formula is C8H4Cl2N2OS. The Morgan fingerprint density at radius 1 is 1.21 bits per heavy atom. The highest BCUT2D eigenvalue weighted by Crippen LogP contribution is 2.33. The lowest BCUT2D eigenvalue weighted by Gasteiger charge is -1.99. The average molecular weight is 247 g/mol. The molecule has 14 heavy (non-hydrogen) atoms. The number of nitrogens with zero attached hydrogens (tertiary/aromatic N) is 2. The van der Waals surface area contributed by atoms with E-state index in [0.717, 1.165) is 0 Å². The third kappa shape index (κ3) is 1.82. The van der Waals surface area contributed by atoms with Crippen molar-refractivity contribution in [2.24, 2.45) is 0 Å². The fourth-order valence-electron chi connectivity index (χ4n) is 0.991. The number of benzene rings is 1. The lowest BCUT2D eigenvalue weighted by atomic mass is 10.2. The van der Waals surface area contributed by atoms with Crippen molar-refractivity contribution in [1.29, 1.82) is 0 Å². The molecular weight excluding hydrogens is 243 g/mol. The zero-order valence-corrected chi connectivity index (χ0v) is 9.07. The lowest BCUT2D eigenvalue weighted by Crippen LogP contribution is -1.78. The Labute approximate surface area is 93.9 Å². The van der Waals surface area contributed by atoms with Crippen molar-refractivity contribution >= 4 is 34.5 Å². The molecule has 0 bridgehead atoms. The highest BCUT2D eigenvalue weighted by atomic mass is 35.5. The second-order valence-electron chi connectivity index (χ2n) is 2.52. The number of hydrogen-bond acceptors (Lipinski definition) is 4. The number of phenols is 1. The standard InChI is InChI=1S/C8H4Cl2N2OS/c9-6-2-1-4(13)3-5(6)7-11-12-8(10)14-7/h1-3,13H. The Morgan fingerprint density at radius 2 is 2.00 bits per heavy atom. The summed E-state index contributed by atoms with van der Waals surface area (Å²) in [7, 11) is 0. The zero-order chi connectivity index (χ0) is 10.1. The smallest absolute Gasteiger partial charge is 0.207 e. The van der Waals surface area contributed by atoms with Crippen LogP contribution in [0.1, 0.15) is 0 Å². The van der Waals surface area contributed by atoms with Crippen molar-refractivity contribution in [2.75, 3.05) is 0 Å². The third-order valence-electron chi connectivity index (χ3n) is 1.58. The largest absolute Gasteiger partial charge is 0.508 e. The maximum Gasteiger partial charge on any atom is 0.207 e. The van der Waals surface area contributed by atoms with E-state index in [1.54, 1.807) is 6.07 Å². The van der Waals surface area contributed by atoms with Crippen LogP contribution >= 0.6 is 34.5 Å². The SMILES string of the molecule is Oc1ccc(Cl)c(-c2nnc(Cl)s2)c1.